The molecule has 3 aromatic rings. The van der Waals surface area contributed by atoms with Crippen molar-refractivity contribution in [3.63, 3.8) is 0 Å². The highest BCUT2D eigenvalue weighted by Gasteiger charge is 2.31. The second kappa shape index (κ2) is 9.62. The number of carbonyl (C=O) groups is 1. The zero-order valence-electron chi connectivity index (χ0n) is 18.8. The lowest BCUT2D eigenvalue weighted by Crippen LogP contribution is -2.42. The average Bonchev–Trinajstić information content (AvgIpc) is 3.27. The third-order valence-electron chi connectivity index (χ3n) is 5.70. The molecule has 1 aromatic heterocycles. The van der Waals surface area contributed by atoms with Crippen molar-refractivity contribution in [1.29, 1.82) is 0 Å². The van der Waals surface area contributed by atoms with E-state index in [1.165, 1.54) is 35.6 Å². The summed E-state index contributed by atoms with van der Waals surface area (Å²) in [5.74, 6) is 1.08. The third-order valence-corrected chi connectivity index (χ3v) is 8.30. The maximum Gasteiger partial charge on any atom is 0.257 e. The Hall–Kier alpha value is -2.75. The van der Waals surface area contributed by atoms with Crippen LogP contribution in [0.15, 0.2) is 58.8 Å². The smallest absolute Gasteiger partial charge is 0.257 e. The van der Waals surface area contributed by atoms with E-state index in [1.54, 1.807) is 11.4 Å². The van der Waals surface area contributed by atoms with Gasteiger partial charge in [0, 0.05) is 29.6 Å². The van der Waals surface area contributed by atoms with Crippen LogP contribution in [0.25, 0.3) is 11.3 Å². The van der Waals surface area contributed by atoms with Crippen molar-refractivity contribution >= 4 is 32.4 Å². The van der Waals surface area contributed by atoms with Crippen LogP contribution in [-0.2, 0) is 10.0 Å². The Balaban J connectivity index is 1.44. The molecule has 1 fully saturated rings. The fourth-order valence-corrected chi connectivity index (χ4v) is 6.52. The van der Waals surface area contributed by atoms with Crippen molar-refractivity contribution in [3.05, 3.63) is 59.5 Å². The van der Waals surface area contributed by atoms with E-state index in [9.17, 15) is 13.2 Å². The highest BCUT2D eigenvalue weighted by atomic mass is 32.2. The van der Waals surface area contributed by atoms with Crippen molar-refractivity contribution in [2.75, 3.05) is 25.5 Å². The number of hydrogen-bond donors (Lipinski definition) is 1. The molecule has 7 nitrogen and oxygen atoms in total. The third kappa shape index (κ3) is 5.26. The Morgan fingerprint density at radius 3 is 2.30 bits per heavy atom. The zero-order chi connectivity index (χ0) is 23.6. The lowest BCUT2D eigenvalue weighted by Gasteiger charge is -2.34. The topological polar surface area (TPSA) is 88.6 Å². The largest absolute Gasteiger partial charge is 0.497 e. The van der Waals surface area contributed by atoms with Gasteiger partial charge in [-0.25, -0.2) is 13.4 Å². The number of amides is 1. The van der Waals surface area contributed by atoms with Crippen LogP contribution in [0.4, 0.5) is 5.13 Å². The molecule has 0 spiro atoms. The second-order valence-electron chi connectivity index (χ2n) is 8.51. The second-order valence-corrected chi connectivity index (χ2v) is 11.3. The molecule has 0 unspecified atom stereocenters. The van der Waals surface area contributed by atoms with Crippen molar-refractivity contribution < 1.29 is 17.9 Å². The number of rotatable bonds is 6. The Kier molecular flexibility index (Phi) is 6.83. The standard InChI is InChI=1S/C24H27N3O4S2/c1-16-12-17(2)14-27(13-16)33(29,30)21-10-6-19(7-11-21)23(28)26-24-25-22(15-32-24)18-4-8-20(31-3)9-5-18/h4-11,15-17H,12-14H2,1-3H3,(H,25,26,28)/t16-,17-/m1/s1. The minimum absolute atomic E-state index is 0.205. The van der Waals surface area contributed by atoms with E-state index in [0.29, 0.717) is 35.6 Å². The summed E-state index contributed by atoms with van der Waals surface area (Å²) in [7, 11) is -1.97. The predicted octanol–water partition coefficient (Wildman–Crippen LogP) is 4.74. The molecule has 2 heterocycles. The number of aromatic nitrogens is 1. The molecule has 1 aliphatic rings. The predicted molar refractivity (Wildman–Crippen MR) is 130 cm³/mol. The monoisotopic (exact) mass is 485 g/mol. The SMILES string of the molecule is COc1ccc(-c2csc(NC(=O)c3ccc(S(=O)(=O)N4C[C@H](C)C[C@@H](C)C4)cc3)n2)cc1. The quantitative estimate of drug-likeness (QED) is 0.545. The van der Waals surface area contributed by atoms with E-state index in [2.05, 4.69) is 24.1 Å². The first-order valence-corrected chi connectivity index (χ1v) is 13.1. The van der Waals surface area contributed by atoms with Gasteiger partial charge in [0.25, 0.3) is 5.91 Å². The molecular weight excluding hydrogens is 458 g/mol. The highest BCUT2D eigenvalue weighted by molar-refractivity contribution is 7.89. The van der Waals surface area contributed by atoms with Crippen LogP contribution in [0.1, 0.15) is 30.6 Å². The maximum atomic E-state index is 13.0. The number of thiazole rings is 1. The summed E-state index contributed by atoms with van der Waals surface area (Å²) in [4.78, 5) is 17.4. The van der Waals surface area contributed by atoms with Crippen LogP contribution >= 0.6 is 11.3 Å². The molecule has 1 saturated heterocycles. The summed E-state index contributed by atoms with van der Waals surface area (Å²) in [6, 6.07) is 13.6. The van der Waals surface area contributed by atoms with E-state index >= 15 is 0 Å². The summed E-state index contributed by atoms with van der Waals surface area (Å²) in [6.45, 7) is 5.19. The van der Waals surface area contributed by atoms with Gasteiger partial charge in [0.05, 0.1) is 17.7 Å². The summed E-state index contributed by atoms with van der Waals surface area (Å²) in [5.41, 5.74) is 2.04. The number of carbonyl (C=O) groups excluding carboxylic acids is 1. The van der Waals surface area contributed by atoms with Gasteiger partial charge >= 0.3 is 0 Å². The molecule has 4 rings (SSSR count). The molecule has 1 amide bonds. The molecule has 1 aliphatic heterocycles. The Morgan fingerprint density at radius 1 is 1.06 bits per heavy atom. The van der Waals surface area contributed by atoms with Gasteiger partial charge in [0.2, 0.25) is 10.0 Å². The fourth-order valence-electron chi connectivity index (χ4n) is 4.12. The van der Waals surface area contributed by atoms with Gasteiger partial charge in [0.15, 0.2) is 5.13 Å². The van der Waals surface area contributed by atoms with Crippen LogP contribution in [0.3, 0.4) is 0 Å². The van der Waals surface area contributed by atoms with Gasteiger partial charge in [-0.3, -0.25) is 10.1 Å². The number of nitrogens with one attached hydrogen (secondary N) is 1. The van der Waals surface area contributed by atoms with E-state index in [-0.39, 0.29) is 10.8 Å². The first kappa shape index (κ1) is 23.4. The Morgan fingerprint density at radius 2 is 1.70 bits per heavy atom. The highest BCUT2D eigenvalue weighted by Crippen LogP contribution is 2.28. The number of anilines is 1. The molecule has 2 atom stereocenters. The van der Waals surface area contributed by atoms with Crippen molar-refractivity contribution in [1.82, 2.24) is 9.29 Å². The minimum Gasteiger partial charge on any atom is -0.497 e. The Labute approximate surface area is 198 Å². The molecule has 9 heteroatoms. The first-order valence-electron chi connectivity index (χ1n) is 10.8. The molecule has 33 heavy (non-hydrogen) atoms. The number of piperidine rings is 1. The van der Waals surface area contributed by atoms with Crippen molar-refractivity contribution in [3.8, 4) is 17.0 Å². The Bertz CT molecular complexity index is 1210. The van der Waals surface area contributed by atoms with E-state index in [4.69, 9.17) is 4.74 Å². The number of methoxy groups -OCH3 is 1. The van der Waals surface area contributed by atoms with Gasteiger partial charge in [-0.05, 0) is 66.8 Å². The number of benzene rings is 2. The van der Waals surface area contributed by atoms with Crippen LogP contribution < -0.4 is 10.1 Å². The number of hydrogen-bond acceptors (Lipinski definition) is 6. The lowest BCUT2D eigenvalue weighted by atomic mass is 9.94. The van der Waals surface area contributed by atoms with Crippen LogP contribution in [0.2, 0.25) is 0 Å². The summed E-state index contributed by atoms with van der Waals surface area (Å²) in [6.07, 6.45) is 1.03. The van der Waals surface area contributed by atoms with Crippen LogP contribution in [0, 0.1) is 11.8 Å². The summed E-state index contributed by atoms with van der Waals surface area (Å²) >= 11 is 1.33. The molecule has 0 aliphatic carbocycles. The average molecular weight is 486 g/mol. The van der Waals surface area contributed by atoms with E-state index in [0.717, 1.165) is 23.4 Å². The minimum atomic E-state index is -3.58. The van der Waals surface area contributed by atoms with Crippen molar-refractivity contribution in [2.45, 2.75) is 25.2 Å². The van der Waals surface area contributed by atoms with Crippen molar-refractivity contribution in [2.24, 2.45) is 11.8 Å². The molecule has 0 radical (unpaired) electrons. The van der Waals surface area contributed by atoms with Gasteiger partial charge in [-0.15, -0.1) is 11.3 Å². The van der Waals surface area contributed by atoms with E-state index in [1.807, 2.05) is 29.6 Å². The number of ether oxygens (including phenoxy) is 1. The zero-order valence-corrected chi connectivity index (χ0v) is 20.4. The summed E-state index contributed by atoms with van der Waals surface area (Å²) in [5, 5.41) is 5.13. The molecular formula is C24H27N3O4S2. The van der Waals surface area contributed by atoms with Gasteiger partial charge in [-0.1, -0.05) is 13.8 Å². The lowest BCUT2D eigenvalue weighted by molar-refractivity contribution is 0.102. The fraction of sp³-hybridized carbons (Fsp3) is 0.333. The van der Waals surface area contributed by atoms with Crippen LogP contribution in [0.5, 0.6) is 5.75 Å². The normalized spacial score (nSPS) is 19.2. The maximum absolute atomic E-state index is 13.0. The molecule has 1 N–H and O–H groups in total. The summed E-state index contributed by atoms with van der Waals surface area (Å²) < 4.78 is 32.8. The molecule has 0 bridgehead atoms. The molecule has 0 saturated carbocycles. The van der Waals surface area contributed by atoms with Crippen LogP contribution in [-0.4, -0.2) is 43.8 Å². The van der Waals surface area contributed by atoms with Gasteiger partial charge < -0.3 is 4.74 Å². The number of sulfonamides is 1. The first-order chi connectivity index (χ1) is 15.8. The van der Waals surface area contributed by atoms with E-state index < -0.39 is 10.0 Å². The molecule has 2 aromatic carbocycles. The van der Waals surface area contributed by atoms with Gasteiger partial charge in [-0.2, -0.15) is 4.31 Å². The molecule has 174 valence electrons. The number of nitrogens with zero attached hydrogens (tertiary/aromatic N) is 2. The van der Waals surface area contributed by atoms with Gasteiger partial charge in [0.1, 0.15) is 5.75 Å².